The Morgan fingerprint density at radius 1 is 1.38 bits per heavy atom. The highest BCUT2D eigenvalue weighted by Gasteiger charge is 1.97. The Hall–Kier alpha value is -0.650. The molecule has 0 aliphatic heterocycles. The molecule has 1 rings (SSSR count). The molecule has 0 aliphatic rings. The molecule has 5 heteroatoms. The third kappa shape index (κ3) is 4.92. The van der Waals surface area contributed by atoms with Gasteiger partial charge in [-0.15, -0.1) is 0 Å². The van der Waals surface area contributed by atoms with Crippen molar-refractivity contribution in [2.75, 3.05) is 38.8 Å². The highest BCUT2D eigenvalue weighted by Crippen LogP contribution is 2.16. The summed E-state index contributed by atoms with van der Waals surface area (Å²) < 4.78 is 11.2. The van der Waals surface area contributed by atoms with Crippen LogP contribution in [0.15, 0.2) is 16.7 Å². The molecule has 0 aromatic carbocycles. The summed E-state index contributed by atoms with van der Waals surface area (Å²) in [5.74, 6) is 0.871. The van der Waals surface area contributed by atoms with Crippen LogP contribution in [0.3, 0.4) is 0 Å². The molecule has 0 amide bonds. The molecule has 0 aliphatic carbocycles. The second-order valence-corrected chi connectivity index (χ2v) is 4.21. The van der Waals surface area contributed by atoms with Crippen LogP contribution in [-0.4, -0.2) is 38.5 Å². The first-order valence-corrected chi connectivity index (χ1v) is 5.96. The van der Waals surface area contributed by atoms with Crippen LogP contribution in [0.5, 0.6) is 0 Å². The number of anilines is 1. The van der Waals surface area contributed by atoms with Crippen molar-refractivity contribution in [3.63, 3.8) is 0 Å². The second-order valence-electron chi connectivity index (χ2n) is 3.35. The normalized spacial score (nSPS) is 10.4. The minimum absolute atomic E-state index is 0.630. The number of rotatable bonds is 7. The Morgan fingerprint density at radius 2 is 2.19 bits per heavy atom. The SMILES string of the molecule is COCCOCCNc1cc(C)c(Br)cn1. The Labute approximate surface area is 104 Å². The number of hydrogen-bond donors (Lipinski definition) is 1. The van der Waals surface area contributed by atoms with E-state index in [1.54, 1.807) is 13.3 Å². The molecule has 0 saturated carbocycles. The first-order chi connectivity index (χ1) is 7.74. The number of halogens is 1. The van der Waals surface area contributed by atoms with E-state index < -0.39 is 0 Å². The minimum atomic E-state index is 0.630. The van der Waals surface area contributed by atoms with E-state index in [4.69, 9.17) is 9.47 Å². The largest absolute Gasteiger partial charge is 0.382 e. The molecule has 0 radical (unpaired) electrons. The molecule has 4 nitrogen and oxygen atoms in total. The van der Waals surface area contributed by atoms with Crippen LogP contribution in [0.25, 0.3) is 0 Å². The molecule has 0 bridgehead atoms. The van der Waals surface area contributed by atoms with E-state index in [1.165, 1.54) is 0 Å². The van der Waals surface area contributed by atoms with Gasteiger partial charge in [0, 0.05) is 24.3 Å². The minimum Gasteiger partial charge on any atom is -0.382 e. The number of nitrogens with zero attached hydrogens (tertiary/aromatic N) is 1. The van der Waals surface area contributed by atoms with E-state index in [-0.39, 0.29) is 0 Å². The van der Waals surface area contributed by atoms with Crippen LogP contribution in [0.2, 0.25) is 0 Å². The van der Waals surface area contributed by atoms with E-state index >= 15 is 0 Å². The maximum absolute atomic E-state index is 5.33. The number of aryl methyl sites for hydroxylation is 1. The van der Waals surface area contributed by atoms with Crippen molar-refractivity contribution >= 4 is 21.7 Å². The summed E-state index contributed by atoms with van der Waals surface area (Å²) in [5, 5.41) is 3.19. The molecule has 0 spiro atoms. The molecule has 1 heterocycles. The van der Waals surface area contributed by atoms with Gasteiger partial charge in [0.15, 0.2) is 0 Å². The molecule has 16 heavy (non-hydrogen) atoms. The lowest BCUT2D eigenvalue weighted by Crippen LogP contribution is -2.12. The van der Waals surface area contributed by atoms with Crippen molar-refractivity contribution in [2.45, 2.75) is 6.92 Å². The van der Waals surface area contributed by atoms with E-state index in [2.05, 4.69) is 26.2 Å². The molecule has 90 valence electrons. The van der Waals surface area contributed by atoms with Crippen molar-refractivity contribution in [1.29, 1.82) is 0 Å². The molecular weight excluding hydrogens is 272 g/mol. The zero-order valence-corrected chi connectivity index (χ0v) is 11.2. The van der Waals surface area contributed by atoms with Crippen LogP contribution in [-0.2, 0) is 9.47 Å². The highest BCUT2D eigenvalue weighted by atomic mass is 79.9. The van der Waals surface area contributed by atoms with Crippen LogP contribution in [0.4, 0.5) is 5.82 Å². The molecule has 0 unspecified atom stereocenters. The van der Waals surface area contributed by atoms with Gasteiger partial charge in [-0.05, 0) is 34.5 Å². The van der Waals surface area contributed by atoms with E-state index in [0.717, 1.165) is 22.4 Å². The number of hydrogen-bond acceptors (Lipinski definition) is 4. The number of aromatic nitrogens is 1. The lowest BCUT2D eigenvalue weighted by molar-refractivity contribution is 0.0759. The van der Waals surface area contributed by atoms with Gasteiger partial charge in [0.2, 0.25) is 0 Å². The average Bonchev–Trinajstić information content (AvgIpc) is 2.28. The molecule has 1 aromatic heterocycles. The molecule has 1 aromatic rings. The van der Waals surface area contributed by atoms with Gasteiger partial charge >= 0.3 is 0 Å². The molecule has 0 atom stereocenters. The maximum atomic E-state index is 5.33. The Morgan fingerprint density at radius 3 is 2.88 bits per heavy atom. The lowest BCUT2D eigenvalue weighted by atomic mass is 10.3. The van der Waals surface area contributed by atoms with Crippen LogP contribution in [0, 0.1) is 6.92 Å². The first-order valence-electron chi connectivity index (χ1n) is 5.16. The summed E-state index contributed by atoms with van der Waals surface area (Å²) in [7, 11) is 1.66. The molecular formula is C11H17BrN2O2. The third-order valence-corrected chi connectivity index (χ3v) is 2.86. The number of methoxy groups -OCH3 is 1. The standard InChI is InChI=1S/C11H17BrN2O2/c1-9-7-11(14-8-10(9)12)13-3-4-16-6-5-15-2/h7-8H,3-6H2,1-2H3,(H,13,14). The molecule has 1 N–H and O–H groups in total. The zero-order valence-electron chi connectivity index (χ0n) is 9.62. The molecule has 0 saturated heterocycles. The predicted octanol–water partition coefficient (Wildman–Crippen LogP) is 2.23. The van der Waals surface area contributed by atoms with Crippen molar-refractivity contribution < 1.29 is 9.47 Å². The van der Waals surface area contributed by atoms with E-state index in [9.17, 15) is 0 Å². The zero-order chi connectivity index (χ0) is 11.8. The topological polar surface area (TPSA) is 43.4 Å². The van der Waals surface area contributed by atoms with Crippen LogP contribution < -0.4 is 5.32 Å². The summed E-state index contributed by atoms with van der Waals surface area (Å²) in [4.78, 5) is 4.23. The van der Waals surface area contributed by atoms with Gasteiger partial charge in [-0.2, -0.15) is 0 Å². The summed E-state index contributed by atoms with van der Waals surface area (Å²) in [5.41, 5.74) is 1.16. The van der Waals surface area contributed by atoms with Gasteiger partial charge in [0.05, 0.1) is 19.8 Å². The smallest absolute Gasteiger partial charge is 0.126 e. The third-order valence-electron chi connectivity index (χ3n) is 2.03. The van der Waals surface area contributed by atoms with Crippen molar-refractivity contribution in [3.05, 3.63) is 22.3 Å². The predicted molar refractivity (Wildman–Crippen MR) is 67.9 cm³/mol. The lowest BCUT2D eigenvalue weighted by Gasteiger charge is -2.07. The summed E-state index contributed by atoms with van der Waals surface area (Å²) in [6, 6.07) is 2.00. The van der Waals surface area contributed by atoms with Gasteiger partial charge < -0.3 is 14.8 Å². The Balaban J connectivity index is 2.19. The summed E-state index contributed by atoms with van der Waals surface area (Å²) in [6.45, 7) is 4.70. The maximum Gasteiger partial charge on any atom is 0.126 e. The van der Waals surface area contributed by atoms with Gasteiger partial charge in [-0.1, -0.05) is 0 Å². The van der Waals surface area contributed by atoms with Gasteiger partial charge in [-0.3, -0.25) is 0 Å². The van der Waals surface area contributed by atoms with Crippen molar-refractivity contribution in [3.8, 4) is 0 Å². The fourth-order valence-electron chi connectivity index (χ4n) is 1.13. The van der Waals surface area contributed by atoms with E-state index in [1.807, 2.05) is 13.0 Å². The quantitative estimate of drug-likeness (QED) is 0.782. The summed E-state index contributed by atoms with van der Waals surface area (Å²) in [6.07, 6.45) is 1.80. The van der Waals surface area contributed by atoms with Crippen molar-refractivity contribution in [1.82, 2.24) is 4.98 Å². The fraction of sp³-hybridized carbons (Fsp3) is 0.545. The monoisotopic (exact) mass is 288 g/mol. The van der Waals surface area contributed by atoms with Crippen LogP contribution >= 0.6 is 15.9 Å². The van der Waals surface area contributed by atoms with Crippen LogP contribution in [0.1, 0.15) is 5.56 Å². The average molecular weight is 289 g/mol. The first kappa shape index (κ1) is 13.4. The fourth-order valence-corrected chi connectivity index (χ4v) is 1.35. The second kappa shape index (κ2) is 7.60. The summed E-state index contributed by atoms with van der Waals surface area (Å²) >= 11 is 3.41. The Kier molecular flexibility index (Phi) is 6.37. The van der Waals surface area contributed by atoms with Gasteiger partial charge in [0.25, 0.3) is 0 Å². The van der Waals surface area contributed by atoms with Gasteiger partial charge in [-0.25, -0.2) is 4.98 Å². The Bertz CT molecular complexity index is 321. The molecule has 0 fully saturated rings. The highest BCUT2D eigenvalue weighted by molar-refractivity contribution is 9.10. The number of pyridine rings is 1. The number of ether oxygens (including phenoxy) is 2. The number of nitrogens with one attached hydrogen (secondary N) is 1. The van der Waals surface area contributed by atoms with E-state index in [0.29, 0.717) is 19.8 Å². The van der Waals surface area contributed by atoms with Gasteiger partial charge in [0.1, 0.15) is 5.82 Å². The van der Waals surface area contributed by atoms with Crippen molar-refractivity contribution in [2.24, 2.45) is 0 Å².